The van der Waals surface area contributed by atoms with Gasteiger partial charge in [-0.25, -0.2) is 18.1 Å². The zero-order valence-electron chi connectivity index (χ0n) is 27.3. The first-order valence-corrected chi connectivity index (χ1v) is 20.0. The molecule has 0 saturated heterocycles. The maximum Gasteiger partial charge on any atom is 0.325 e. The van der Waals surface area contributed by atoms with Crippen LogP contribution in [0.3, 0.4) is 0 Å². The van der Waals surface area contributed by atoms with Gasteiger partial charge in [-0.3, -0.25) is 9.10 Å². The van der Waals surface area contributed by atoms with E-state index in [-0.39, 0.29) is 18.1 Å². The number of amides is 1. The fourth-order valence-electron chi connectivity index (χ4n) is 6.34. The number of sulfone groups is 1. The molecule has 1 aliphatic rings. The molecule has 1 saturated carbocycles. The third kappa shape index (κ3) is 8.07. The number of anilines is 1. The van der Waals surface area contributed by atoms with E-state index in [1.165, 1.54) is 13.5 Å². The van der Waals surface area contributed by atoms with Gasteiger partial charge in [0.25, 0.3) is 0 Å². The van der Waals surface area contributed by atoms with Gasteiger partial charge in [0.15, 0.2) is 9.84 Å². The van der Waals surface area contributed by atoms with Gasteiger partial charge >= 0.3 is 10.2 Å². The molecule has 1 amide bonds. The number of aromatic nitrogens is 2. The van der Waals surface area contributed by atoms with Crippen molar-refractivity contribution in [2.45, 2.75) is 43.4 Å². The average Bonchev–Trinajstić information content (AvgIpc) is 3.52. The molecule has 1 fully saturated rings. The number of halogens is 2. The summed E-state index contributed by atoms with van der Waals surface area (Å²) in [7, 11) is -6.14. The van der Waals surface area contributed by atoms with Crippen molar-refractivity contribution in [2.75, 3.05) is 17.1 Å². The Morgan fingerprint density at radius 3 is 2.34 bits per heavy atom. The topological polar surface area (TPSA) is 118 Å². The molecular formula is C37H36Cl2N4O5S2. The number of rotatable bonds is 12. The lowest BCUT2D eigenvalue weighted by Gasteiger charge is -2.21. The van der Waals surface area contributed by atoms with Gasteiger partial charge < -0.3 is 4.57 Å². The summed E-state index contributed by atoms with van der Waals surface area (Å²) in [6.07, 6.45) is 7.66. The summed E-state index contributed by atoms with van der Waals surface area (Å²) in [5, 5.41) is 0.923. The van der Waals surface area contributed by atoms with Crippen molar-refractivity contribution in [3.63, 3.8) is 0 Å². The SMILES string of the molecule is CN(c1cccc(-n2cc(-c3ccc(Cl)cc3Cl)nc2Cc2ccc(-c3cccc(S(=O)(=O)CC4CCCCC4)c3)cc2)c1)S(=O)(=O)NC=O. The summed E-state index contributed by atoms with van der Waals surface area (Å²) in [6, 6.07) is 27.1. The Hall–Kier alpha value is -4.16. The van der Waals surface area contributed by atoms with Gasteiger partial charge in [0.1, 0.15) is 5.82 Å². The van der Waals surface area contributed by atoms with E-state index in [4.69, 9.17) is 28.2 Å². The van der Waals surface area contributed by atoms with Crippen LogP contribution in [0, 0.1) is 5.92 Å². The fourth-order valence-corrected chi connectivity index (χ4v) is 9.25. The van der Waals surface area contributed by atoms with E-state index in [1.807, 2.05) is 51.9 Å². The minimum absolute atomic E-state index is 0.119. The molecule has 5 aromatic rings. The zero-order chi connectivity index (χ0) is 35.5. The smallest absolute Gasteiger partial charge is 0.303 e. The molecule has 0 radical (unpaired) electrons. The molecule has 0 aliphatic heterocycles. The maximum atomic E-state index is 13.3. The number of carbonyl (C=O) groups is 1. The van der Waals surface area contributed by atoms with Gasteiger partial charge in [-0.2, -0.15) is 8.42 Å². The van der Waals surface area contributed by atoms with Crippen LogP contribution < -0.4 is 9.03 Å². The van der Waals surface area contributed by atoms with Gasteiger partial charge in [0.2, 0.25) is 6.41 Å². The number of carbonyl (C=O) groups excluding carboxylic acids is 1. The van der Waals surface area contributed by atoms with E-state index in [1.54, 1.807) is 54.6 Å². The number of hydrogen-bond acceptors (Lipinski definition) is 6. The highest BCUT2D eigenvalue weighted by Gasteiger charge is 2.24. The highest BCUT2D eigenvalue weighted by atomic mass is 35.5. The second-order valence-corrected chi connectivity index (χ2v) is 17.1. The quantitative estimate of drug-likeness (QED) is 0.130. The molecule has 13 heteroatoms. The Balaban J connectivity index is 1.31. The summed E-state index contributed by atoms with van der Waals surface area (Å²) in [5.74, 6) is 1.07. The molecular weight excluding hydrogens is 715 g/mol. The standard InChI is InChI=1S/C37H36Cl2N4O5S2/c1-42(50(47,48)40-25-44)31-10-6-11-32(22-31)43-23-36(34-18-17-30(38)21-35(34)39)41-37(43)19-26-13-15-28(16-14-26)29-9-5-12-33(20-29)49(45,46)24-27-7-3-2-4-8-27/h5-6,9-18,20-23,25,27H,2-4,7-8,19,24H2,1H3,(H,40,44). The first-order chi connectivity index (χ1) is 23.9. The largest absolute Gasteiger partial charge is 0.325 e. The summed E-state index contributed by atoms with van der Waals surface area (Å²) in [6.45, 7) is 0. The predicted molar refractivity (Wildman–Crippen MR) is 199 cm³/mol. The third-order valence-corrected chi connectivity index (χ3v) is 12.8. The minimum Gasteiger partial charge on any atom is -0.303 e. The first-order valence-electron chi connectivity index (χ1n) is 16.2. The summed E-state index contributed by atoms with van der Waals surface area (Å²) in [4.78, 5) is 16.2. The van der Waals surface area contributed by atoms with Crippen molar-refractivity contribution < 1.29 is 21.6 Å². The van der Waals surface area contributed by atoms with Crippen LogP contribution in [0.5, 0.6) is 0 Å². The normalized spacial score (nSPS) is 14.0. The van der Waals surface area contributed by atoms with E-state index < -0.39 is 20.0 Å². The number of nitrogens with zero attached hydrogens (tertiary/aromatic N) is 3. The molecule has 260 valence electrons. The molecule has 1 heterocycles. The van der Waals surface area contributed by atoms with Crippen LogP contribution in [0.15, 0.2) is 102 Å². The van der Waals surface area contributed by atoms with E-state index >= 15 is 0 Å². The number of benzene rings is 4. The number of hydrogen-bond donors (Lipinski definition) is 1. The average molecular weight is 752 g/mol. The summed E-state index contributed by atoms with van der Waals surface area (Å²) in [5.41, 5.74) is 4.90. The molecule has 0 atom stereocenters. The molecule has 0 spiro atoms. The molecule has 4 aromatic carbocycles. The monoisotopic (exact) mass is 750 g/mol. The van der Waals surface area contributed by atoms with Crippen LogP contribution in [0.4, 0.5) is 5.69 Å². The second kappa shape index (κ2) is 15.0. The Labute approximate surface area is 303 Å². The van der Waals surface area contributed by atoms with Crippen LogP contribution >= 0.6 is 23.2 Å². The number of nitrogens with one attached hydrogen (secondary N) is 1. The van der Waals surface area contributed by atoms with Crippen LogP contribution in [0.2, 0.25) is 10.0 Å². The lowest BCUT2D eigenvalue weighted by Crippen LogP contribution is -2.37. The lowest BCUT2D eigenvalue weighted by atomic mass is 9.91. The predicted octanol–water partition coefficient (Wildman–Crippen LogP) is 7.88. The van der Waals surface area contributed by atoms with Gasteiger partial charge in [0, 0.05) is 35.9 Å². The molecule has 6 rings (SSSR count). The van der Waals surface area contributed by atoms with Crippen molar-refractivity contribution in [3.05, 3.63) is 119 Å². The summed E-state index contributed by atoms with van der Waals surface area (Å²) < 4.78 is 56.3. The van der Waals surface area contributed by atoms with Gasteiger partial charge in [-0.15, -0.1) is 0 Å². The van der Waals surface area contributed by atoms with E-state index in [0.29, 0.717) is 49.8 Å². The van der Waals surface area contributed by atoms with Crippen LogP contribution in [0.1, 0.15) is 43.5 Å². The lowest BCUT2D eigenvalue weighted by molar-refractivity contribution is -0.108. The van der Waals surface area contributed by atoms with Gasteiger partial charge in [-0.05, 0) is 84.0 Å². The van der Waals surface area contributed by atoms with Crippen LogP contribution in [-0.2, 0) is 31.3 Å². The van der Waals surface area contributed by atoms with Crippen molar-refractivity contribution in [1.29, 1.82) is 0 Å². The molecule has 1 N–H and O–H groups in total. The van der Waals surface area contributed by atoms with Crippen LogP contribution in [0.25, 0.3) is 28.1 Å². The Kier molecular flexibility index (Phi) is 10.7. The highest BCUT2D eigenvalue weighted by Crippen LogP contribution is 2.33. The van der Waals surface area contributed by atoms with E-state index in [2.05, 4.69) is 0 Å². The summed E-state index contributed by atoms with van der Waals surface area (Å²) >= 11 is 12.7. The van der Waals surface area contributed by atoms with Crippen molar-refractivity contribution in [3.8, 4) is 28.1 Å². The third-order valence-electron chi connectivity index (χ3n) is 9.04. The van der Waals surface area contributed by atoms with Crippen molar-refractivity contribution >= 4 is 55.3 Å². The minimum atomic E-state index is -4.09. The molecule has 1 aromatic heterocycles. The van der Waals surface area contributed by atoms with Crippen molar-refractivity contribution in [2.24, 2.45) is 5.92 Å². The molecule has 50 heavy (non-hydrogen) atoms. The zero-order valence-corrected chi connectivity index (χ0v) is 30.4. The van der Waals surface area contributed by atoms with Crippen molar-refractivity contribution in [1.82, 2.24) is 14.3 Å². The molecule has 0 unspecified atom stereocenters. The molecule has 9 nitrogen and oxygen atoms in total. The van der Waals surface area contributed by atoms with E-state index in [9.17, 15) is 21.6 Å². The maximum absolute atomic E-state index is 13.3. The Bertz CT molecular complexity index is 2230. The van der Waals surface area contributed by atoms with Gasteiger partial charge in [-0.1, -0.05) is 84.9 Å². The van der Waals surface area contributed by atoms with Crippen LogP contribution in [-0.4, -0.2) is 45.6 Å². The second-order valence-electron chi connectivity index (χ2n) is 12.5. The molecule has 0 bridgehead atoms. The molecule has 1 aliphatic carbocycles. The van der Waals surface area contributed by atoms with E-state index in [0.717, 1.165) is 46.7 Å². The Morgan fingerprint density at radius 1 is 0.880 bits per heavy atom. The fraction of sp³-hybridized carbons (Fsp3) is 0.243. The first kappa shape index (κ1) is 35.7. The van der Waals surface area contributed by atoms with Gasteiger partial charge in [0.05, 0.1) is 27.1 Å². The highest BCUT2D eigenvalue weighted by molar-refractivity contribution is 7.91. The Morgan fingerprint density at radius 2 is 1.62 bits per heavy atom. The number of imidazole rings is 1.